The van der Waals surface area contributed by atoms with Crippen molar-refractivity contribution in [1.82, 2.24) is 14.8 Å². The minimum Gasteiger partial charge on any atom is -0.382 e. The molecule has 0 spiro atoms. The molecule has 2 aromatic rings. The molecule has 0 aliphatic carbocycles. The van der Waals surface area contributed by atoms with Crippen molar-refractivity contribution in [3.8, 4) is 0 Å². The van der Waals surface area contributed by atoms with Gasteiger partial charge < -0.3 is 5.11 Å². The monoisotopic (exact) mass is 279 g/mol. The molecule has 2 rings (SSSR count). The topological polar surface area (TPSA) is 50.9 Å². The number of nitrogens with zero attached hydrogens (tertiary/aromatic N) is 3. The summed E-state index contributed by atoms with van der Waals surface area (Å²) in [6.07, 6.45) is 3.96. The molecule has 0 saturated carbocycles. The summed E-state index contributed by atoms with van der Waals surface area (Å²) in [6, 6.07) is 0. The van der Waals surface area contributed by atoms with Crippen LogP contribution in [-0.4, -0.2) is 19.9 Å². The van der Waals surface area contributed by atoms with Gasteiger partial charge in [-0.05, 0) is 6.42 Å². The number of rotatable bonds is 4. The van der Waals surface area contributed by atoms with Gasteiger partial charge in [-0.1, -0.05) is 27.7 Å². The Labute approximate surface area is 118 Å². The zero-order valence-electron chi connectivity index (χ0n) is 11.9. The molecule has 104 valence electrons. The summed E-state index contributed by atoms with van der Waals surface area (Å²) in [7, 11) is 0. The van der Waals surface area contributed by atoms with Gasteiger partial charge in [0.25, 0.3) is 0 Å². The quantitative estimate of drug-likeness (QED) is 0.935. The first-order valence-corrected chi connectivity index (χ1v) is 7.46. The molecule has 0 aliphatic heterocycles. The van der Waals surface area contributed by atoms with Crippen LogP contribution in [-0.2, 0) is 12.0 Å². The second kappa shape index (κ2) is 5.43. The zero-order valence-corrected chi connectivity index (χ0v) is 12.7. The van der Waals surface area contributed by atoms with E-state index in [-0.39, 0.29) is 5.41 Å². The Bertz CT molecular complexity index is 539. The summed E-state index contributed by atoms with van der Waals surface area (Å²) in [6.45, 7) is 9.36. The zero-order chi connectivity index (χ0) is 14.0. The van der Waals surface area contributed by atoms with E-state index in [1.54, 1.807) is 17.5 Å². The third kappa shape index (κ3) is 3.22. The number of aromatic nitrogens is 3. The third-order valence-electron chi connectivity index (χ3n) is 2.87. The van der Waals surface area contributed by atoms with Crippen LogP contribution in [0.2, 0.25) is 0 Å². The summed E-state index contributed by atoms with van der Waals surface area (Å²) in [5, 5.41) is 17.6. The smallest absolute Gasteiger partial charge is 0.125 e. The summed E-state index contributed by atoms with van der Waals surface area (Å²) in [5.74, 6) is 0. The number of aliphatic hydroxyl groups excluding tert-OH is 1. The van der Waals surface area contributed by atoms with Crippen LogP contribution in [0, 0.1) is 0 Å². The molecule has 5 heteroatoms. The fourth-order valence-corrected chi connectivity index (χ4v) is 2.72. The molecule has 19 heavy (non-hydrogen) atoms. The molecule has 0 fully saturated rings. The lowest BCUT2D eigenvalue weighted by molar-refractivity contribution is 0.215. The molecule has 1 unspecified atom stereocenters. The van der Waals surface area contributed by atoms with Crippen LogP contribution < -0.4 is 0 Å². The van der Waals surface area contributed by atoms with E-state index in [0.29, 0.717) is 5.69 Å². The van der Waals surface area contributed by atoms with Gasteiger partial charge in [-0.15, -0.1) is 11.3 Å². The van der Waals surface area contributed by atoms with Crippen LogP contribution in [0.25, 0.3) is 0 Å². The van der Waals surface area contributed by atoms with Gasteiger partial charge in [0.1, 0.15) is 6.10 Å². The van der Waals surface area contributed by atoms with Crippen LogP contribution in [0.1, 0.15) is 56.5 Å². The molecule has 0 radical (unpaired) electrons. The number of aliphatic hydroxyl groups is 1. The highest BCUT2D eigenvalue weighted by atomic mass is 32.1. The van der Waals surface area contributed by atoms with Crippen LogP contribution >= 0.6 is 11.3 Å². The van der Waals surface area contributed by atoms with E-state index in [9.17, 15) is 5.11 Å². The third-order valence-corrected chi connectivity index (χ3v) is 4.15. The van der Waals surface area contributed by atoms with Crippen molar-refractivity contribution in [2.24, 2.45) is 0 Å². The van der Waals surface area contributed by atoms with Crippen molar-refractivity contribution in [3.63, 3.8) is 0 Å². The van der Waals surface area contributed by atoms with Gasteiger partial charge in [0, 0.05) is 29.1 Å². The average molecular weight is 279 g/mol. The Morgan fingerprint density at radius 1 is 1.42 bits per heavy atom. The lowest BCUT2D eigenvalue weighted by atomic mass is 9.98. The molecular formula is C14H21N3OS. The Balaban J connectivity index is 2.18. The number of hydrogen-bond acceptors (Lipinski definition) is 4. The van der Waals surface area contributed by atoms with E-state index in [0.717, 1.165) is 23.5 Å². The maximum atomic E-state index is 10.3. The highest BCUT2D eigenvalue weighted by Crippen LogP contribution is 2.29. The molecule has 1 N–H and O–H groups in total. The van der Waals surface area contributed by atoms with E-state index >= 15 is 0 Å². The second-order valence-electron chi connectivity index (χ2n) is 5.77. The fourth-order valence-electron chi connectivity index (χ4n) is 1.80. The van der Waals surface area contributed by atoms with Gasteiger partial charge in [0.15, 0.2) is 0 Å². The normalized spacial score (nSPS) is 13.7. The molecule has 2 aromatic heterocycles. The minimum atomic E-state index is -0.682. The first kappa shape index (κ1) is 14.2. The van der Waals surface area contributed by atoms with Gasteiger partial charge in [-0.3, -0.25) is 4.68 Å². The molecule has 4 nitrogen and oxygen atoms in total. The van der Waals surface area contributed by atoms with E-state index in [1.807, 2.05) is 16.3 Å². The predicted molar refractivity (Wildman–Crippen MR) is 77.4 cm³/mol. The lowest BCUT2D eigenvalue weighted by Gasteiger charge is -2.14. The maximum Gasteiger partial charge on any atom is 0.125 e. The van der Waals surface area contributed by atoms with Crippen LogP contribution in [0.5, 0.6) is 0 Å². The van der Waals surface area contributed by atoms with Gasteiger partial charge in [-0.25, -0.2) is 4.98 Å². The van der Waals surface area contributed by atoms with E-state index in [2.05, 4.69) is 37.8 Å². The molecule has 0 amide bonds. The minimum absolute atomic E-state index is 0.0228. The van der Waals surface area contributed by atoms with Crippen LogP contribution in [0.15, 0.2) is 17.8 Å². The molecular weight excluding hydrogens is 258 g/mol. The van der Waals surface area contributed by atoms with Crippen molar-refractivity contribution in [2.75, 3.05) is 0 Å². The Kier molecular flexibility index (Phi) is 4.06. The summed E-state index contributed by atoms with van der Waals surface area (Å²) in [4.78, 5) is 4.54. The van der Waals surface area contributed by atoms with E-state index in [4.69, 9.17) is 0 Å². The Hall–Kier alpha value is -1.20. The largest absolute Gasteiger partial charge is 0.382 e. The highest BCUT2D eigenvalue weighted by molar-refractivity contribution is 7.09. The van der Waals surface area contributed by atoms with Gasteiger partial charge >= 0.3 is 0 Å². The summed E-state index contributed by atoms with van der Waals surface area (Å²) in [5.41, 5.74) is 1.54. The van der Waals surface area contributed by atoms with Gasteiger partial charge in [-0.2, -0.15) is 5.10 Å². The first-order valence-electron chi connectivity index (χ1n) is 6.58. The Morgan fingerprint density at radius 2 is 2.16 bits per heavy atom. The highest BCUT2D eigenvalue weighted by Gasteiger charge is 2.21. The van der Waals surface area contributed by atoms with Crippen molar-refractivity contribution in [1.29, 1.82) is 0 Å². The molecule has 0 bridgehead atoms. The molecule has 2 heterocycles. The molecule has 0 aliphatic rings. The van der Waals surface area contributed by atoms with Crippen molar-refractivity contribution in [3.05, 3.63) is 34.0 Å². The van der Waals surface area contributed by atoms with Crippen molar-refractivity contribution < 1.29 is 5.11 Å². The summed E-state index contributed by atoms with van der Waals surface area (Å²) >= 11 is 1.60. The van der Waals surface area contributed by atoms with E-state index < -0.39 is 6.10 Å². The Morgan fingerprint density at radius 3 is 2.74 bits per heavy atom. The second-order valence-corrected chi connectivity index (χ2v) is 6.62. The predicted octanol–water partition coefficient (Wildman–Crippen LogP) is 3.13. The standard InChI is InChI=1S/C14H21N3OS/c1-5-6-17-8-10(7-15-17)12(18)11-9-19-13(16-11)14(2,3)4/h7-9,12,18H,5-6H2,1-4H3. The number of hydrogen-bond donors (Lipinski definition) is 1. The van der Waals surface area contributed by atoms with Crippen LogP contribution in [0.3, 0.4) is 0 Å². The first-order chi connectivity index (χ1) is 8.91. The average Bonchev–Trinajstić information content (AvgIpc) is 2.96. The summed E-state index contributed by atoms with van der Waals surface area (Å²) < 4.78 is 1.86. The fraction of sp³-hybridized carbons (Fsp3) is 0.571. The van der Waals surface area contributed by atoms with Crippen LogP contribution in [0.4, 0.5) is 0 Å². The lowest BCUT2D eigenvalue weighted by Crippen LogP contribution is -2.11. The molecule has 0 saturated heterocycles. The number of aryl methyl sites for hydroxylation is 1. The van der Waals surface area contributed by atoms with Crippen molar-refractivity contribution >= 4 is 11.3 Å². The molecule has 0 aromatic carbocycles. The maximum absolute atomic E-state index is 10.3. The van der Waals surface area contributed by atoms with Gasteiger partial charge in [0.05, 0.1) is 16.9 Å². The number of thiazole rings is 1. The molecule has 1 atom stereocenters. The van der Waals surface area contributed by atoms with Crippen molar-refractivity contribution in [2.45, 2.75) is 52.2 Å². The SMILES string of the molecule is CCCn1cc(C(O)c2csc(C(C)(C)C)n2)cn1. The van der Waals surface area contributed by atoms with E-state index in [1.165, 1.54) is 0 Å². The van der Waals surface area contributed by atoms with Gasteiger partial charge in [0.2, 0.25) is 0 Å².